The van der Waals surface area contributed by atoms with Gasteiger partial charge in [0.15, 0.2) is 11.6 Å². The molecule has 0 aromatic heterocycles. The average Bonchev–Trinajstić information content (AvgIpc) is 2.23. The van der Waals surface area contributed by atoms with Gasteiger partial charge in [-0.3, -0.25) is 0 Å². The summed E-state index contributed by atoms with van der Waals surface area (Å²) < 4.78 is 25.6. The largest absolute Gasteiger partial charge is 0.360 e. The minimum Gasteiger partial charge on any atom is -0.360 e. The molecule has 1 fully saturated rings. The molecule has 1 aliphatic rings. The van der Waals surface area contributed by atoms with E-state index >= 15 is 0 Å². The SMILES string of the molecule is Fc1ccc(N2CC[NH2+]CC2)cc1F. The van der Waals surface area contributed by atoms with Gasteiger partial charge in [0.1, 0.15) is 0 Å². The van der Waals surface area contributed by atoms with Crippen molar-refractivity contribution in [3.8, 4) is 0 Å². The number of nitrogens with two attached hydrogens (primary N) is 1. The number of anilines is 1. The van der Waals surface area contributed by atoms with Crippen LogP contribution in [0.2, 0.25) is 0 Å². The number of rotatable bonds is 1. The number of hydrogen-bond donors (Lipinski definition) is 1. The third kappa shape index (κ3) is 1.85. The lowest BCUT2D eigenvalue weighted by molar-refractivity contribution is -0.655. The molecule has 0 bridgehead atoms. The van der Waals surface area contributed by atoms with Crippen LogP contribution in [-0.4, -0.2) is 26.2 Å². The minimum absolute atomic E-state index is 0.767. The van der Waals surface area contributed by atoms with E-state index in [1.165, 1.54) is 12.1 Å². The Kier molecular flexibility index (Phi) is 2.63. The fraction of sp³-hybridized carbons (Fsp3) is 0.400. The van der Waals surface area contributed by atoms with Crippen LogP contribution in [0, 0.1) is 11.6 Å². The third-order valence-corrected chi connectivity index (χ3v) is 2.47. The monoisotopic (exact) mass is 199 g/mol. The van der Waals surface area contributed by atoms with E-state index in [9.17, 15) is 8.78 Å². The molecule has 1 aromatic carbocycles. The zero-order valence-corrected chi connectivity index (χ0v) is 7.84. The molecule has 2 rings (SSSR count). The molecule has 1 heterocycles. The van der Waals surface area contributed by atoms with Gasteiger partial charge in [-0.2, -0.15) is 0 Å². The van der Waals surface area contributed by atoms with Crippen LogP contribution in [0.15, 0.2) is 18.2 Å². The summed E-state index contributed by atoms with van der Waals surface area (Å²) in [5.74, 6) is -1.55. The van der Waals surface area contributed by atoms with Crippen molar-refractivity contribution in [3.05, 3.63) is 29.8 Å². The molecule has 0 radical (unpaired) electrons. The van der Waals surface area contributed by atoms with E-state index in [4.69, 9.17) is 0 Å². The molecular formula is C10H13F2N2+. The highest BCUT2D eigenvalue weighted by molar-refractivity contribution is 5.46. The Hall–Kier alpha value is -1.16. The zero-order chi connectivity index (χ0) is 9.97. The molecule has 1 aromatic rings. The Bertz CT molecular complexity index is 322. The van der Waals surface area contributed by atoms with E-state index in [0.717, 1.165) is 31.9 Å². The zero-order valence-electron chi connectivity index (χ0n) is 7.84. The molecule has 0 saturated carbocycles. The van der Waals surface area contributed by atoms with Gasteiger partial charge in [0, 0.05) is 11.8 Å². The molecule has 0 atom stereocenters. The summed E-state index contributed by atoms with van der Waals surface area (Å²) in [5, 5.41) is 2.22. The highest BCUT2D eigenvalue weighted by atomic mass is 19.2. The lowest BCUT2D eigenvalue weighted by Crippen LogP contribution is -2.89. The van der Waals surface area contributed by atoms with Crippen LogP contribution in [0.4, 0.5) is 14.5 Å². The van der Waals surface area contributed by atoms with Gasteiger partial charge in [-0.15, -0.1) is 0 Å². The van der Waals surface area contributed by atoms with Gasteiger partial charge in [-0.1, -0.05) is 0 Å². The molecule has 14 heavy (non-hydrogen) atoms. The molecule has 4 heteroatoms. The molecule has 76 valence electrons. The maximum atomic E-state index is 12.9. The Balaban J connectivity index is 2.18. The number of hydrogen-bond acceptors (Lipinski definition) is 1. The molecule has 0 amide bonds. The quantitative estimate of drug-likeness (QED) is 0.691. The number of halogens is 2. The van der Waals surface area contributed by atoms with Crippen molar-refractivity contribution in [1.29, 1.82) is 0 Å². The fourth-order valence-electron chi connectivity index (χ4n) is 1.69. The van der Waals surface area contributed by atoms with Crippen LogP contribution >= 0.6 is 0 Å². The average molecular weight is 199 g/mol. The standard InChI is InChI=1S/C10H12F2N2/c11-9-2-1-8(7-10(9)12)14-5-3-13-4-6-14/h1-2,7,13H,3-6H2/p+1. The summed E-state index contributed by atoms with van der Waals surface area (Å²) in [6, 6.07) is 4.08. The van der Waals surface area contributed by atoms with E-state index < -0.39 is 11.6 Å². The molecule has 0 spiro atoms. The Morgan fingerprint density at radius 1 is 1.07 bits per heavy atom. The first-order valence-electron chi connectivity index (χ1n) is 4.79. The summed E-state index contributed by atoms with van der Waals surface area (Å²) in [6.45, 7) is 3.81. The highest BCUT2D eigenvalue weighted by Crippen LogP contribution is 2.17. The van der Waals surface area contributed by atoms with Crippen molar-refractivity contribution in [2.45, 2.75) is 0 Å². The topological polar surface area (TPSA) is 19.9 Å². The molecule has 0 unspecified atom stereocenters. The molecule has 2 nitrogen and oxygen atoms in total. The second-order valence-electron chi connectivity index (χ2n) is 3.45. The Morgan fingerprint density at radius 2 is 1.79 bits per heavy atom. The summed E-state index contributed by atoms with van der Waals surface area (Å²) in [6.07, 6.45) is 0. The van der Waals surface area contributed by atoms with E-state index in [-0.39, 0.29) is 0 Å². The molecule has 2 N–H and O–H groups in total. The van der Waals surface area contributed by atoms with Crippen LogP contribution in [0.5, 0.6) is 0 Å². The van der Waals surface area contributed by atoms with Gasteiger partial charge in [-0.25, -0.2) is 8.78 Å². The van der Waals surface area contributed by atoms with Crippen LogP contribution in [0.1, 0.15) is 0 Å². The van der Waals surface area contributed by atoms with Crippen LogP contribution in [0.25, 0.3) is 0 Å². The number of benzene rings is 1. The summed E-state index contributed by atoms with van der Waals surface area (Å²) >= 11 is 0. The first-order chi connectivity index (χ1) is 6.77. The van der Waals surface area contributed by atoms with Gasteiger partial charge in [0.05, 0.1) is 26.2 Å². The lowest BCUT2D eigenvalue weighted by atomic mass is 10.2. The predicted molar refractivity (Wildman–Crippen MR) is 50.2 cm³/mol. The van der Waals surface area contributed by atoms with Crippen molar-refractivity contribution >= 4 is 5.69 Å². The van der Waals surface area contributed by atoms with E-state index in [1.807, 2.05) is 0 Å². The van der Waals surface area contributed by atoms with Crippen LogP contribution in [0.3, 0.4) is 0 Å². The van der Waals surface area contributed by atoms with Crippen LogP contribution in [-0.2, 0) is 0 Å². The van der Waals surface area contributed by atoms with Crippen molar-refractivity contribution < 1.29 is 14.1 Å². The second kappa shape index (κ2) is 3.92. The Labute approximate surface area is 81.5 Å². The van der Waals surface area contributed by atoms with Gasteiger partial charge >= 0.3 is 0 Å². The molecule has 1 saturated heterocycles. The highest BCUT2D eigenvalue weighted by Gasteiger charge is 2.14. The lowest BCUT2D eigenvalue weighted by Gasteiger charge is -2.27. The van der Waals surface area contributed by atoms with Crippen molar-refractivity contribution in [2.24, 2.45) is 0 Å². The number of nitrogens with zero attached hydrogens (tertiary/aromatic N) is 1. The van der Waals surface area contributed by atoms with Gasteiger partial charge in [-0.05, 0) is 12.1 Å². The van der Waals surface area contributed by atoms with Gasteiger partial charge in [0.25, 0.3) is 0 Å². The van der Waals surface area contributed by atoms with Gasteiger partial charge in [0.2, 0.25) is 0 Å². The molecule has 1 aliphatic heterocycles. The summed E-state index contributed by atoms with van der Waals surface area (Å²) in [7, 11) is 0. The summed E-state index contributed by atoms with van der Waals surface area (Å²) in [4.78, 5) is 2.07. The second-order valence-corrected chi connectivity index (χ2v) is 3.45. The van der Waals surface area contributed by atoms with E-state index in [0.29, 0.717) is 0 Å². The van der Waals surface area contributed by atoms with Gasteiger partial charge < -0.3 is 10.2 Å². The maximum Gasteiger partial charge on any atom is 0.160 e. The normalized spacial score (nSPS) is 17.1. The predicted octanol–water partition coefficient (Wildman–Crippen LogP) is 0.348. The Morgan fingerprint density at radius 3 is 2.43 bits per heavy atom. The minimum atomic E-state index is -0.780. The fourth-order valence-corrected chi connectivity index (χ4v) is 1.69. The number of piperazine rings is 1. The summed E-state index contributed by atoms with van der Waals surface area (Å²) in [5.41, 5.74) is 0.775. The first-order valence-corrected chi connectivity index (χ1v) is 4.79. The van der Waals surface area contributed by atoms with Crippen molar-refractivity contribution in [3.63, 3.8) is 0 Å². The number of quaternary nitrogens is 1. The van der Waals surface area contributed by atoms with Crippen molar-refractivity contribution in [2.75, 3.05) is 31.1 Å². The smallest absolute Gasteiger partial charge is 0.160 e. The molecule has 0 aliphatic carbocycles. The third-order valence-electron chi connectivity index (χ3n) is 2.47. The van der Waals surface area contributed by atoms with E-state index in [2.05, 4.69) is 10.2 Å². The first kappa shape index (κ1) is 9.40. The van der Waals surface area contributed by atoms with E-state index in [1.54, 1.807) is 6.07 Å². The van der Waals surface area contributed by atoms with Crippen LogP contribution < -0.4 is 10.2 Å². The maximum absolute atomic E-state index is 12.9. The molecular weight excluding hydrogens is 186 g/mol. The van der Waals surface area contributed by atoms with Crippen molar-refractivity contribution in [1.82, 2.24) is 0 Å².